The average molecular weight is 555 g/mol. The molecule has 0 aliphatic rings. The van der Waals surface area contributed by atoms with Crippen molar-refractivity contribution in [3.63, 3.8) is 0 Å². The number of nitrogens with one attached hydrogen (secondary N) is 3. The third-order valence-corrected chi connectivity index (χ3v) is 5.28. The lowest BCUT2D eigenvalue weighted by Gasteiger charge is -2.24. The van der Waals surface area contributed by atoms with Crippen molar-refractivity contribution in [1.29, 1.82) is 0 Å². The van der Waals surface area contributed by atoms with E-state index in [9.17, 15) is 38.7 Å². The Balaban J connectivity index is 3.04. The van der Waals surface area contributed by atoms with Crippen molar-refractivity contribution < 1.29 is 59.1 Å². The predicted octanol–water partition coefficient (Wildman–Crippen LogP) is -1.99. The predicted molar refractivity (Wildman–Crippen MR) is 129 cm³/mol. The molecular weight excluding hydrogens is 524 g/mol. The van der Waals surface area contributed by atoms with Gasteiger partial charge in [-0.3, -0.25) is 28.8 Å². The van der Waals surface area contributed by atoms with Gasteiger partial charge in [0.05, 0.1) is 12.5 Å². The maximum Gasteiger partial charge on any atom is 0.326 e. The fourth-order valence-corrected chi connectivity index (χ4v) is 3.25. The molecule has 1 aromatic rings. The number of phenols is 1. The largest absolute Gasteiger partial charge is 0.508 e. The smallest absolute Gasteiger partial charge is 0.326 e. The number of carboxylic acids is 4. The van der Waals surface area contributed by atoms with E-state index in [0.29, 0.717) is 5.56 Å². The molecule has 214 valence electrons. The third-order valence-electron chi connectivity index (χ3n) is 5.28. The molecule has 0 aromatic heterocycles. The van der Waals surface area contributed by atoms with Crippen LogP contribution in [0.4, 0.5) is 0 Å². The molecule has 1 rings (SSSR count). The molecule has 0 heterocycles. The van der Waals surface area contributed by atoms with Gasteiger partial charge in [-0.25, -0.2) is 4.79 Å². The summed E-state index contributed by atoms with van der Waals surface area (Å²) in [6.45, 7) is 0. The first kappa shape index (κ1) is 32.3. The van der Waals surface area contributed by atoms with Crippen LogP contribution in [0.2, 0.25) is 0 Å². The van der Waals surface area contributed by atoms with Gasteiger partial charge in [0.2, 0.25) is 17.7 Å². The molecule has 10 N–H and O–H groups in total. The number of aromatic hydroxyl groups is 1. The Kier molecular flexibility index (Phi) is 12.8. The molecule has 4 atom stereocenters. The molecule has 0 fully saturated rings. The molecule has 16 heteroatoms. The number of phenolic OH excluding ortho intramolecular Hbond substituents is 1. The van der Waals surface area contributed by atoms with Gasteiger partial charge in [-0.1, -0.05) is 12.1 Å². The number of hydrogen-bond acceptors (Lipinski definition) is 9. The normalized spacial score (nSPS) is 13.7. The van der Waals surface area contributed by atoms with Crippen LogP contribution in [0.3, 0.4) is 0 Å². The van der Waals surface area contributed by atoms with Crippen LogP contribution in [0.25, 0.3) is 0 Å². The molecule has 0 aliphatic carbocycles. The fraction of sp³-hybridized carbons (Fsp3) is 0.435. The molecule has 0 bridgehead atoms. The summed E-state index contributed by atoms with van der Waals surface area (Å²) in [5.74, 6) is -9.07. The SMILES string of the molecule is N[C@@H](Cc1ccc(O)cc1)C(=O)N[C@@H](CCC(=O)O)C(=O)N[C@@H](CCC(=O)O)C(=O)N[C@@H](CC(=O)O)C(=O)O. The number of rotatable bonds is 17. The molecule has 0 radical (unpaired) electrons. The number of aliphatic carboxylic acids is 4. The van der Waals surface area contributed by atoms with Gasteiger partial charge in [0, 0.05) is 12.8 Å². The lowest BCUT2D eigenvalue weighted by atomic mass is 10.0. The zero-order valence-electron chi connectivity index (χ0n) is 20.5. The van der Waals surface area contributed by atoms with Gasteiger partial charge in [0.15, 0.2) is 0 Å². The van der Waals surface area contributed by atoms with Crippen LogP contribution < -0.4 is 21.7 Å². The van der Waals surface area contributed by atoms with E-state index in [0.717, 1.165) is 0 Å². The van der Waals surface area contributed by atoms with Crippen molar-refractivity contribution >= 4 is 41.6 Å². The lowest BCUT2D eigenvalue weighted by Crippen LogP contribution is -2.57. The molecular formula is C23H30N4O12. The number of amides is 3. The minimum atomic E-state index is -1.89. The zero-order valence-corrected chi connectivity index (χ0v) is 20.5. The molecule has 39 heavy (non-hydrogen) atoms. The van der Waals surface area contributed by atoms with Crippen LogP contribution in [0.15, 0.2) is 24.3 Å². The number of benzene rings is 1. The summed E-state index contributed by atoms with van der Waals surface area (Å²) < 4.78 is 0. The topological polar surface area (TPSA) is 283 Å². The standard InChI is InChI=1S/C23H30N4O12/c24-13(9-11-1-3-12(28)4-2-11)20(35)25-14(5-7-17(29)30)21(36)26-15(6-8-18(31)32)22(37)27-16(23(38)39)10-19(33)34/h1-4,13-16,28H,5-10,24H2,(H,25,35)(H,26,36)(H,27,37)(H,29,30)(H,31,32)(H,33,34)(H,38,39)/t13-,14-,15-,16-/m0/s1. The van der Waals surface area contributed by atoms with E-state index in [1.54, 1.807) is 0 Å². The maximum absolute atomic E-state index is 12.9. The van der Waals surface area contributed by atoms with Gasteiger partial charge < -0.3 is 47.2 Å². The first-order valence-corrected chi connectivity index (χ1v) is 11.5. The van der Waals surface area contributed by atoms with E-state index in [4.69, 9.17) is 26.2 Å². The van der Waals surface area contributed by atoms with Gasteiger partial charge in [0.25, 0.3) is 0 Å². The molecule has 16 nitrogen and oxygen atoms in total. The first-order chi connectivity index (χ1) is 18.2. The second kappa shape index (κ2) is 15.5. The average Bonchev–Trinajstić information content (AvgIpc) is 2.84. The number of carbonyl (C=O) groups is 7. The molecule has 0 aliphatic heterocycles. The second-order valence-corrected chi connectivity index (χ2v) is 8.46. The van der Waals surface area contributed by atoms with Crippen LogP contribution in [0.1, 0.15) is 37.7 Å². The van der Waals surface area contributed by atoms with Crippen LogP contribution in [0, 0.1) is 0 Å². The van der Waals surface area contributed by atoms with E-state index in [1.807, 2.05) is 5.32 Å². The van der Waals surface area contributed by atoms with Gasteiger partial charge in [-0.2, -0.15) is 0 Å². The van der Waals surface area contributed by atoms with Crippen LogP contribution >= 0.6 is 0 Å². The maximum atomic E-state index is 12.9. The van der Waals surface area contributed by atoms with Crippen LogP contribution in [-0.4, -0.2) is 91.3 Å². The highest BCUT2D eigenvalue weighted by atomic mass is 16.4. The van der Waals surface area contributed by atoms with Crippen molar-refractivity contribution in [3.05, 3.63) is 29.8 Å². The summed E-state index contributed by atoms with van der Waals surface area (Å²) in [7, 11) is 0. The summed E-state index contributed by atoms with van der Waals surface area (Å²) in [6.07, 6.45) is -3.23. The molecule has 0 saturated carbocycles. The quantitative estimate of drug-likeness (QED) is 0.101. The molecule has 0 spiro atoms. The monoisotopic (exact) mass is 554 g/mol. The van der Waals surface area contributed by atoms with E-state index < -0.39 is 97.9 Å². The highest BCUT2D eigenvalue weighted by Crippen LogP contribution is 2.11. The highest BCUT2D eigenvalue weighted by molar-refractivity contribution is 5.95. The summed E-state index contributed by atoms with van der Waals surface area (Å²) in [5, 5.41) is 51.7. The number of hydrogen-bond donors (Lipinski definition) is 9. The Bertz CT molecular complexity index is 1080. The Morgan fingerprint density at radius 2 is 1.10 bits per heavy atom. The van der Waals surface area contributed by atoms with E-state index in [1.165, 1.54) is 24.3 Å². The number of carbonyl (C=O) groups excluding carboxylic acids is 3. The van der Waals surface area contributed by atoms with Gasteiger partial charge in [0.1, 0.15) is 23.9 Å². The van der Waals surface area contributed by atoms with Gasteiger partial charge >= 0.3 is 23.9 Å². The summed E-state index contributed by atoms with van der Waals surface area (Å²) in [6, 6.07) is -0.525. The van der Waals surface area contributed by atoms with Gasteiger partial charge in [-0.05, 0) is 37.0 Å². The number of carboxylic acid groups (broad SMARTS) is 4. The van der Waals surface area contributed by atoms with Crippen molar-refractivity contribution in [2.75, 3.05) is 0 Å². The summed E-state index contributed by atoms with van der Waals surface area (Å²) in [4.78, 5) is 82.5. The molecule has 3 amide bonds. The minimum Gasteiger partial charge on any atom is -0.508 e. The van der Waals surface area contributed by atoms with Gasteiger partial charge in [-0.15, -0.1) is 0 Å². The van der Waals surface area contributed by atoms with E-state index in [-0.39, 0.29) is 12.2 Å². The van der Waals surface area contributed by atoms with E-state index in [2.05, 4.69) is 10.6 Å². The number of nitrogens with two attached hydrogens (primary N) is 1. The van der Waals surface area contributed by atoms with Crippen molar-refractivity contribution in [2.24, 2.45) is 5.73 Å². The summed E-state index contributed by atoms with van der Waals surface area (Å²) >= 11 is 0. The van der Waals surface area contributed by atoms with E-state index >= 15 is 0 Å². The zero-order chi connectivity index (χ0) is 29.7. The highest BCUT2D eigenvalue weighted by Gasteiger charge is 2.31. The second-order valence-electron chi connectivity index (χ2n) is 8.46. The third kappa shape index (κ3) is 12.4. The van der Waals surface area contributed by atoms with Crippen molar-refractivity contribution in [1.82, 2.24) is 16.0 Å². The lowest BCUT2D eigenvalue weighted by molar-refractivity contribution is -0.147. The molecule has 0 unspecified atom stereocenters. The Hall–Kier alpha value is -4.73. The first-order valence-electron chi connectivity index (χ1n) is 11.5. The molecule has 0 saturated heterocycles. The Morgan fingerprint density at radius 3 is 1.51 bits per heavy atom. The van der Waals surface area contributed by atoms with Crippen LogP contribution in [-0.2, 0) is 40.0 Å². The fourth-order valence-electron chi connectivity index (χ4n) is 3.25. The Labute approximate surface area is 221 Å². The molecule has 1 aromatic carbocycles. The minimum absolute atomic E-state index is 0.0107. The van der Waals surface area contributed by atoms with Crippen molar-refractivity contribution in [3.8, 4) is 5.75 Å². The van der Waals surface area contributed by atoms with Crippen molar-refractivity contribution in [2.45, 2.75) is 62.7 Å². The summed E-state index contributed by atoms with van der Waals surface area (Å²) in [5.41, 5.74) is 6.46. The Morgan fingerprint density at radius 1 is 0.667 bits per heavy atom. The van der Waals surface area contributed by atoms with Crippen LogP contribution in [0.5, 0.6) is 5.75 Å².